The zero-order valence-corrected chi connectivity index (χ0v) is 72.6. The van der Waals surface area contributed by atoms with Crippen molar-refractivity contribution in [3.8, 4) is 46.0 Å². The zero-order valence-electron chi connectivity index (χ0n) is 58.1. The van der Waals surface area contributed by atoms with Crippen LogP contribution in [0.15, 0.2) is 146 Å². The van der Waals surface area contributed by atoms with Gasteiger partial charge in [0.2, 0.25) is 0 Å². The SMILES string of the molecule is O=S(=O)(O)CCSCc1c([O-])c2cc(c1[O-])[C@H](CCc1ccccc1)c1cc(c(O)c(CSCCS(=O)(=O)O)c1O)C(CCc1ccccc1)c1cc(c(O)c(CSCCS(=O)(=O)O)c1O)[C@@H](CCc1ccccc1)c1cc(c([O-])c(CSCCS(=O)(=O)O)c1[O-])C2CCc1ccccc1.[Na+].[Na+].[Na+].[Na+]. The predicted molar refractivity (Wildman–Crippen MR) is 387 cm³/mol. The topological polar surface area (TPSA) is 391 Å². The van der Waals surface area contributed by atoms with Gasteiger partial charge in [-0.3, -0.25) is 18.2 Å². The van der Waals surface area contributed by atoms with Crippen LogP contribution >= 0.6 is 47.0 Å². The molecule has 0 aromatic heterocycles. The molecule has 32 heteroatoms. The Hall–Kier alpha value is -2.80. The summed E-state index contributed by atoms with van der Waals surface area (Å²) in [6.07, 6.45) is 0.507. The van der Waals surface area contributed by atoms with Gasteiger partial charge in [0.05, 0.1) is 23.0 Å². The van der Waals surface area contributed by atoms with Crippen molar-refractivity contribution >= 4 is 87.5 Å². The maximum Gasteiger partial charge on any atom is 1.00 e. The van der Waals surface area contributed by atoms with Crippen LogP contribution in [0, 0.1) is 0 Å². The molecule has 2 atom stereocenters. The van der Waals surface area contributed by atoms with Gasteiger partial charge < -0.3 is 40.9 Å². The predicted octanol–water partition coefficient (Wildman–Crippen LogP) is -1.32. The molecule has 8 aromatic rings. The molecule has 8 aromatic carbocycles. The molecule has 0 aliphatic heterocycles. The summed E-state index contributed by atoms with van der Waals surface area (Å²) in [5, 5.41) is 117. The summed E-state index contributed by atoms with van der Waals surface area (Å²) in [6, 6.07) is 41.9. The maximum atomic E-state index is 16.1. The van der Waals surface area contributed by atoms with Gasteiger partial charge in [-0.15, -0.1) is 23.0 Å². The molecule has 0 amide bonds. The van der Waals surface area contributed by atoms with E-state index in [1.165, 1.54) is 24.3 Å². The smallest absolute Gasteiger partial charge is 0.872 e. The van der Waals surface area contributed by atoms with E-state index in [9.17, 15) is 72.3 Å². The van der Waals surface area contributed by atoms with Crippen LogP contribution in [0.1, 0.15) is 138 Å². The molecule has 0 saturated heterocycles. The van der Waals surface area contributed by atoms with Crippen LogP contribution in [-0.2, 0) is 89.2 Å². The van der Waals surface area contributed by atoms with Crippen LogP contribution in [0.5, 0.6) is 46.0 Å². The molecule has 0 unspecified atom stereocenters. The van der Waals surface area contributed by atoms with Crippen LogP contribution in [-0.4, -0.2) is 118 Å². The zero-order chi connectivity index (χ0) is 72.1. The van der Waals surface area contributed by atoms with Gasteiger partial charge >= 0.3 is 118 Å². The van der Waals surface area contributed by atoms with Crippen molar-refractivity contribution in [1.82, 2.24) is 0 Å². The second-order valence-corrected chi connectivity index (χ2v) is 35.2. The largest absolute Gasteiger partial charge is 1.00 e. The molecule has 1 aliphatic rings. The average Bonchev–Trinajstić information content (AvgIpc) is 0.741. The molecule has 20 nitrogen and oxygen atoms in total. The summed E-state index contributed by atoms with van der Waals surface area (Å²) >= 11 is 3.53. The van der Waals surface area contributed by atoms with E-state index in [1.54, 1.807) is 72.8 Å². The Morgan fingerprint density at radius 1 is 0.288 bits per heavy atom. The van der Waals surface area contributed by atoms with E-state index < -0.39 is 145 Å². The van der Waals surface area contributed by atoms with E-state index in [1.807, 2.05) is 48.5 Å². The first kappa shape index (κ1) is 91.8. The van der Waals surface area contributed by atoms with E-state index in [2.05, 4.69) is 0 Å². The number of rotatable bonds is 32. The van der Waals surface area contributed by atoms with E-state index in [0.717, 1.165) is 69.3 Å². The minimum absolute atomic E-state index is 0. The Labute approximate surface area is 714 Å². The quantitative estimate of drug-likeness (QED) is 0.0138. The van der Waals surface area contributed by atoms with Crippen LogP contribution in [0.2, 0.25) is 0 Å². The van der Waals surface area contributed by atoms with Crippen molar-refractivity contribution in [3.05, 3.63) is 235 Å². The Morgan fingerprint density at radius 3 is 0.683 bits per heavy atom. The molecule has 536 valence electrons. The first-order chi connectivity index (χ1) is 47.5. The number of thioether (sulfide) groups is 4. The monoisotopic (exact) mass is 1610 g/mol. The van der Waals surface area contributed by atoms with Crippen molar-refractivity contribution in [2.45, 2.75) is 98.0 Å². The number of fused-ring (bicyclic) bond motifs is 8. The fraction of sp³-hybridized carbons (Fsp3) is 0.333. The molecular weight excluding hydrogens is 1530 g/mol. The van der Waals surface area contributed by atoms with Crippen LogP contribution in [0.4, 0.5) is 0 Å². The molecule has 0 radical (unpaired) electrons. The number of phenols is 4. The summed E-state index contributed by atoms with van der Waals surface area (Å²) in [5.74, 6) is -16.6. The number of hydrogen-bond donors (Lipinski definition) is 8. The average molecular weight is 1610 g/mol. The van der Waals surface area contributed by atoms with Crippen molar-refractivity contribution in [2.75, 3.05) is 46.0 Å². The van der Waals surface area contributed by atoms with Crippen LogP contribution in [0.3, 0.4) is 0 Å². The molecule has 8 bridgehead atoms. The van der Waals surface area contributed by atoms with Crippen LogP contribution < -0.4 is 139 Å². The van der Waals surface area contributed by atoms with Gasteiger partial charge in [-0.25, -0.2) is 0 Å². The van der Waals surface area contributed by atoms with E-state index in [4.69, 9.17) is 0 Å². The number of hydrogen-bond acceptors (Lipinski definition) is 20. The first-order valence-electron chi connectivity index (χ1n) is 32.0. The first-order valence-corrected chi connectivity index (χ1v) is 43.0. The molecule has 0 fully saturated rings. The fourth-order valence-electron chi connectivity index (χ4n) is 12.8. The third-order valence-corrected chi connectivity index (χ3v) is 25.7. The Kier molecular flexibility index (Phi) is 37.1. The van der Waals surface area contributed by atoms with E-state index >= 15 is 20.4 Å². The van der Waals surface area contributed by atoms with E-state index in [-0.39, 0.29) is 271 Å². The van der Waals surface area contributed by atoms with Gasteiger partial charge in [0.1, 0.15) is 23.0 Å². The van der Waals surface area contributed by atoms with Crippen LogP contribution in [0.25, 0.3) is 0 Å². The molecule has 104 heavy (non-hydrogen) atoms. The summed E-state index contributed by atoms with van der Waals surface area (Å²) in [7, 11) is -18.2. The fourth-order valence-corrected chi connectivity index (χ4v) is 20.5. The number of aromatic hydroxyl groups is 4. The Balaban J connectivity index is 0.00000486. The van der Waals surface area contributed by atoms with Crippen molar-refractivity contribution in [3.63, 3.8) is 0 Å². The molecule has 0 saturated carbocycles. The number of phenolic OH excluding ortho intramolecular Hbond substituents is 4. The molecule has 9 rings (SSSR count). The van der Waals surface area contributed by atoms with Crippen molar-refractivity contribution < 1.29 is 211 Å². The summed E-state index contributed by atoms with van der Waals surface area (Å²) in [4.78, 5) is 0. The van der Waals surface area contributed by atoms with Gasteiger partial charge in [-0.1, -0.05) is 145 Å². The number of benzene rings is 8. The molecular formula is C72H76Na4O20S8. The summed E-state index contributed by atoms with van der Waals surface area (Å²) in [5.41, 5.74) is 1.39. The van der Waals surface area contributed by atoms with Gasteiger partial charge in [0.15, 0.2) is 0 Å². The molecule has 1 aliphatic carbocycles. The normalized spacial score (nSPS) is 15.2. The second-order valence-electron chi connectivity index (χ2n) is 24.5. The minimum atomic E-state index is -4.57. The van der Waals surface area contributed by atoms with Gasteiger partial charge in [-0.05, 0) is 108 Å². The van der Waals surface area contributed by atoms with Gasteiger partial charge in [-0.2, -0.15) is 80.7 Å². The Morgan fingerprint density at radius 2 is 0.471 bits per heavy atom. The molecule has 0 heterocycles. The third-order valence-electron chi connectivity index (χ3n) is 17.8. The third kappa shape index (κ3) is 25.6. The Bertz CT molecular complexity index is 3950. The number of aryl methyl sites for hydroxylation is 4. The van der Waals surface area contributed by atoms with Gasteiger partial charge in [0.25, 0.3) is 40.5 Å². The van der Waals surface area contributed by atoms with Crippen molar-refractivity contribution in [1.29, 1.82) is 0 Å². The van der Waals surface area contributed by atoms with Crippen molar-refractivity contribution in [2.24, 2.45) is 0 Å². The second kappa shape index (κ2) is 42.0. The minimum Gasteiger partial charge on any atom is -0.872 e. The van der Waals surface area contributed by atoms with Gasteiger partial charge in [0, 0.05) is 103 Å². The van der Waals surface area contributed by atoms with E-state index in [0.29, 0.717) is 0 Å². The summed E-state index contributed by atoms with van der Waals surface area (Å²) in [6.45, 7) is 0. The molecule has 8 N–H and O–H groups in total. The summed E-state index contributed by atoms with van der Waals surface area (Å²) < 4.78 is 137. The molecule has 0 spiro atoms. The maximum absolute atomic E-state index is 16.1. The standard InChI is InChI=1S/C72H80O20S8.4Na/c73-65-53-37-55(67(75)61(65)41-93-29-33-97(81,82)83)50(26-22-46-15-7-2-8-16-46)57-39-59(71(79)63(69(57)77)43-95-31-35-99(87,88)89)52(28-24-48-19-11-4-12-20-48)60-40-58(70(78)64(72(60)80)44-96-32-36-100(90,91)92)51(27-23-47-17-9-3-10-18-47)56-38-54(49(53)25-21-45-13-5-1-6-14-45)66(74)62(68(56)76)42-94-30-34-98(84,85)86;;;;/h1-20,37-40,49-52,73-80H,21-36,41-44H2,(H,81,82,83)(H,84,85,86)(H,87,88,89)(H,90,91,92);;;;/q;4*+1/p-4/t49-,50?,51?,52-;;;;.